The number of ether oxygens (including phenoxy) is 1. The number of carbonyl (C=O) groups excluding carboxylic acids is 1. The van der Waals surface area contributed by atoms with Crippen LogP contribution in [0, 0.1) is 11.6 Å². The number of hydrogen-bond donors (Lipinski definition) is 0. The fraction of sp³-hybridized carbons (Fsp3) is 0.364. The molecule has 0 aliphatic rings. The van der Waals surface area contributed by atoms with Crippen molar-refractivity contribution in [3.05, 3.63) is 29.3 Å². The highest BCUT2D eigenvalue weighted by atomic mass is 35.7. The SMILES string of the molecule is COCCN(C)C(=O)c1c(F)ccc(S(=O)(=O)Cl)c1F. The summed E-state index contributed by atoms with van der Waals surface area (Å²) in [5.74, 6) is -3.67. The molecule has 0 atom stereocenters. The highest BCUT2D eigenvalue weighted by molar-refractivity contribution is 8.13. The van der Waals surface area contributed by atoms with E-state index < -0.39 is 37.1 Å². The van der Waals surface area contributed by atoms with Crippen LogP contribution >= 0.6 is 10.7 Å². The van der Waals surface area contributed by atoms with Gasteiger partial charge in [0.15, 0.2) is 5.82 Å². The number of hydrogen-bond acceptors (Lipinski definition) is 4. The predicted molar refractivity (Wildman–Crippen MR) is 68.2 cm³/mol. The first-order valence-electron chi connectivity index (χ1n) is 5.37. The van der Waals surface area contributed by atoms with E-state index in [4.69, 9.17) is 15.4 Å². The highest BCUT2D eigenvalue weighted by Gasteiger charge is 2.27. The second-order valence-corrected chi connectivity index (χ2v) is 6.43. The van der Waals surface area contributed by atoms with Gasteiger partial charge in [-0.05, 0) is 12.1 Å². The predicted octanol–water partition coefficient (Wildman–Crippen LogP) is 1.61. The van der Waals surface area contributed by atoms with Gasteiger partial charge in [-0.15, -0.1) is 0 Å². The lowest BCUT2D eigenvalue weighted by molar-refractivity contribution is 0.0734. The molecule has 1 amide bonds. The molecule has 0 radical (unpaired) electrons. The van der Waals surface area contributed by atoms with Crippen LogP contribution in [0.25, 0.3) is 0 Å². The summed E-state index contributed by atoms with van der Waals surface area (Å²) in [6.07, 6.45) is 0. The third-order valence-electron chi connectivity index (χ3n) is 2.51. The molecule has 0 saturated heterocycles. The molecule has 9 heteroatoms. The van der Waals surface area contributed by atoms with E-state index in [2.05, 4.69) is 0 Å². The number of rotatable bonds is 5. The summed E-state index contributed by atoms with van der Waals surface area (Å²) >= 11 is 0. The van der Waals surface area contributed by atoms with Crippen molar-refractivity contribution in [3.8, 4) is 0 Å². The Hall–Kier alpha value is -1.25. The van der Waals surface area contributed by atoms with Crippen molar-refractivity contribution in [3.63, 3.8) is 0 Å². The first-order chi connectivity index (χ1) is 9.20. The molecule has 1 rings (SSSR count). The Morgan fingerprint density at radius 2 is 2.00 bits per heavy atom. The smallest absolute Gasteiger partial charge is 0.264 e. The van der Waals surface area contributed by atoms with E-state index >= 15 is 0 Å². The lowest BCUT2D eigenvalue weighted by Crippen LogP contribution is -2.31. The average Bonchev–Trinajstić information content (AvgIpc) is 2.34. The third kappa shape index (κ3) is 3.65. The number of methoxy groups -OCH3 is 1. The van der Waals surface area contributed by atoms with Gasteiger partial charge in [-0.3, -0.25) is 4.79 Å². The van der Waals surface area contributed by atoms with Crippen LogP contribution in [0.4, 0.5) is 8.78 Å². The monoisotopic (exact) mass is 327 g/mol. The molecule has 0 fully saturated rings. The van der Waals surface area contributed by atoms with E-state index in [0.717, 1.165) is 4.90 Å². The Kier molecular flexibility index (Phi) is 5.43. The molecular formula is C11H12ClF2NO4S. The van der Waals surface area contributed by atoms with Gasteiger partial charge in [-0.25, -0.2) is 17.2 Å². The van der Waals surface area contributed by atoms with Crippen LogP contribution in [-0.2, 0) is 13.8 Å². The van der Waals surface area contributed by atoms with Crippen LogP contribution in [-0.4, -0.2) is 46.5 Å². The number of carbonyl (C=O) groups is 1. The van der Waals surface area contributed by atoms with Crippen LogP contribution in [0.2, 0.25) is 0 Å². The Bertz CT molecular complexity index is 621. The normalized spacial score (nSPS) is 11.4. The number of amides is 1. The molecule has 0 unspecified atom stereocenters. The summed E-state index contributed by atoms with van der Waals surface area (Å²) in [7, 11) is 3.32. The van der Waals surface area contributed by atoms with Crippen molar-refractivity contribution in [1.29, 1.82) is 0 Å². The molecule has 0 aromatic heterocycles. The van der Waals surface area contributed by atoms with Crippen molar-refractivity contribution >= 4 is 25.6 Å². The van der Waals surface area contributed by atoms with Crippen molar-refractivity contribution < 1.29 is 26.7 Å². The van der Waals surface area contributed by atoms with Crippen LogP contribution in [0.15, 0.2) is 17.0 Å². The minimum absolute atomic E-state index is 0.0894. The molecule has 0 spiro atoms. The number of halogens is 3. The van der Waals surface area contributed by atoms with Crippen LogP contribution in [0.3, 0.4) is 0 Å². The number of nitrogens with zero attached hydrogens (tertiary/aromatic N) is 1. The zero-order valence-electron chi connectivity index (χ0n) is 10.7. The molecule has 112 valence electrons. The summed E-state index contributed by atoms with van der Waals surface area (Å²) in [4.78, 5) is 12.0. The van der Waals surface area contributed by atoms with Gasteiger partial charge < -0.3 is 9.64 Å². The minimum Gasteiger partial charge on any atom is -0.383 e. The van der Waals surface area contributed by atoms with Gasteiger partial charge in [0.25, 0.3) is 15.0 Å². The van der Waals surface area contributed by atoms with Crippen LogP contribution in [0.5, 0.6) is 0 Å². The van der Waals surface area contributed by atoms with E-state index in [1.807, 2.05) is 0 Å². The lowest BCUT2D eigenvalue weighted by atomic mass is 10.1. The maximum atomic E-state index is 14.0. The molecule has 1 aromatic carbocycles. The van der Waals surface area contributed by atoms with E-state index in [0.29, 0.717) is 12.1 Å². The van der Waals surface area contributed by atoms with Gasteiger partial charge in [0.1, 0.15) is 16.3 Å². The van der Waals surface area contributed by atoms with Gasteiger partial charge >= 0.3 is 0 Å². The number of benzene rings is 1. The highest BCUT2D eigenvalue weighted by Crippen LogP contribution is 2.24. The topological polar surface area (TPSA) is 63.7 Å². The van der Waals surface area contributed by atoms with Crippen LogP contribution < -0.4 is 0 Å². The number of likely N-dealkylation sites (N-methyl/N-ethyl adjacent to an activating group) is 1. The molecule has 0 bridgehead atoms. The third-order valence-corrected chi connectivity index (χ3v) is 3.85. The molecular weight excluding hydrogens is 316 g/mol. The van der Waals surface area contributed by atoms with Gasteiger partial charge in [0.05, 0.1) is 6.61 Å². The molecule has 0 saturated carbocycles. The summed E-state index contributed by atoms with van der Waals surface area (Å²) < 4.78 is 54.6. The maximum absolute atomic E-state index is 14.0. The second-order valence-electron chi connectivity index (χ2n) is 3.89. The van der Waals surface area contributed by atoms with E-state index in [1.54, 1.807) is 0 Å². The summed E-state index contributed by atoms with van der Waals surface area (Å²) in [6, 6.07) is 1.34. The van der Waals surface area contributed by atoms with Gasteiger partial charge in [0, 0.05) is 31.4 Å². The molecule has 0 aliphatic carbocycles. The maximum Gasteiger partial charge on any atom is 0.264 e. The molecule has 20 heavy (non-hydrogen) atoms. The van der Waals surface area contributed by atoms with Crippen molar-refractivity contribution in [1.82, 2.24) is 4.90 Å². The molecule has 0 aliphatic heterocycles. The van der Waals surface area contributed by atoms with Crippen molar-refractivity contribution in [2.45, 2.75) is 4.90 Å². The molecule has 0 heterocycles. The largest absolute Gasteiger partial charge is 0.383 e. The minimum atomic E-state index is -4.41. The standard InChI is InChI=1S/C11H12ClF2NO4S/c1-15(5-6-19-2)11(16)9-7(13)3-4-8(10(9)14)20(12,17)18/h3-4H,5-6H2,1-2H3. The first-order valence-corrected chi connectivity index (χ1v) is 7.68. The van der Waals surface area contributed by atoms with E-state index in [-0.39, 0.29) is 13.2 Å². The molecule has 0 N–H and O–H groups in total. The second kappa shape index (κ2) is 6.47. The van der Waals surface area contributed by atoms with E-state index in [9.17, 15) is 22.0 Å². The van der Waals surface area contributed by atoms with Gasteiger partial charge in [-0.2, -0.15) is 0 Å². The van der Waals surface area contributed by atoms with Gasteiger partial charge in [0.2, 0.25) is 0 Å². The van der Waals surface area contributed by atoms with Gasteiger partial charge in [-0.1, -0.05) is 0 Å². The quantitative estimate of drug-likeness (QED) is 0.771. The Labute approximate surface area is 119 Å². The summed E-state index contributed by atoms with van der Waals surface area (Å²) in [5.41, 5.74) is -0.967. The zero-order valence-corrected chi connectivity index (χ0v) is 12.3. The lowest BCUT2D eigenvalue weighted by Gasteiger charge is -2.17. The van der Waals surface area contributed by atoms with Crippen molar-refractivity contribution in [2.24, 2.45) is 0 Å². The van der Waals surface area contributed by atoms with Crippen molar-refractivity contribution in [2.75, 3.05) is 27.3 Å². The zero-order chi connectivity index (χ0) is 15.5. The summed E-state index contributed by atoms with van der Waals surface area (Å²) in [6.45, 7) is 0.255. The fourth-order valence-electron chi connectivity index (χ4n) is 1.44. The summed E-state index contributed by atoms with van der Waals surface area (Å²) in [5, 5.41) is 0. The first kappa shape index (κ1) is 16.8. The van der Waals surface area contributed by atoms with Crippen LogP contribution in [0.1, 0.15) is 10.4 Å². The Morgan fingerprint density at radius 1 is 1.40 bits per heavy atom. The molecule has 1 aromatic rings. The van der Waals surface area contributed by atoms with E-state index in [1.165, 1.54) is 14.2 Å². The fourth-order valence-corrected chi connectivity index (χ4v) is 2.34. The molecule has 5 nitrogen and oxygen atoms in total. The average molecular weight is 328 g/mol. The Morgan fingerprint density at radius 3 is 2.50 bits per heavy atom. The Balaban J connectivity index is 3.28.